The van der Waals surface area contributed by atoms with Crippen molar-refractivity contribution >= 4 is 17.8 Å². The minimum atomic E-state index is -0.823. The summed E-state index contributed by atoms with van der Waals surface area (Å²) in [5.41, 5.74) is 0.430. The molecule has 1 heterocycles. The molecular weight excluding hydrogens is 250 g/mol. The lowest BCUT2D eigenvalue weighted by atomic mass is 10.1. The van der Waals surface area contributed by atoms with Gasteiger partial charge in [0.25, 0.3) is 11.8 Å². The Morgan fingerprint density at radius 3 is 2.32 bits per heavy atom. The van der Waals surface area contributed by atoms with Crippen molar-refractivity contribution < 1.29 is 24.0 Å². The molecule has 0 spiro atoms. The van der Waals surface area contributed by atoms with Crippen LogP contribution in [0.4, 0.5) is 0 Å². The number of fused-ring (bicyclic) bond motifs is 1. The minimum Gasteiger partial charge on any atom is -0.366 e. The van der Waals surface area contributed by atoms with E-state index in [1.165, 1.54) is 18.2 Å². The van der Waals surface area contributed by atoms with Gasteiger partial charge >= 0.3 is 5.97 Å². The zero-order valence-corrected chi connectivity index (χ0v) is 10.00. The SMILES string of the molecule is C=CCOCC(=O)ON1C(=O)c2ccccc2C1=O. The second-order valence-corrected chi connectivity index (χ2v) is 3.72. The highest BCUT2D eigenvalue weighted by molar-refractivity contribution is 6.20. The normalized spacial score (nSPS) is 13.4. The Morgan fingerprint density at radius 2 is 1.79 bits per heavy atom. The molecule has 2 rings (SSSR count). The predicted molar refractivity (Wildman–Crippen MR) is 64.1 cm³/mol. The molecule has 0 radical (unpaired) electrons. The quantitative estimate of drug-likeness (QED) is 0.448. The third kappa shape index (κ3) is 2.53. The standard InChI is InChI=1S/C13H11NO5/c1-2-7-18-8-11(15)19-14-12(16)9-5-3-4-6-10(9)13(14)17/h2-6H,1,7-8H2. The van der Waals surface area contributed by atoms with Crippen molar-refractivity contribution in [1.82, 2.24) is 5.06 Å². The summed E-state index contributed by atoms with van der Waals surface area (Å²) in [6.45, 7) is 3.23. The lowest BCUT2D eigenvalue weighted by Crippen LogP contribution is -2.34. The summed E-state index contributed by atoms with van der Waals surface area (Å²) in [5, 5.41) is 0.449. The van der Waals surface area contributed by atoms with Crippen molar-refractivity contribution in [3.8, 4) is 0 Å². The number of benzene rings is 1. The third-order valence-corrected chi connectivity index (χ3v) is 2.41. The first kappa shape index (κ1) is 13.0. The van der Waals surface area contributed by atoms with Gasteiger partial charge in [0.2, 0.25) is 0 Å². The fourth-order valence-corrected chi connectivity index (χ4v) is 1.60. The van der Waals surface area contributed by atoms with E-state index in [0.717, 1.165) is 0 Å². The van der Waals surface area contributed by atoms with E-state index in [4.69, 9.17) is 9.57 Å². The lowest BCUT2D eigenvalue weighted by Gasteiger charge is -2.12. The summed E-state index contributed by atoms with van der Waals surface area (Å²) >= 11 is 0. The summed E-state index contributed by atoms with van der Waals surface area (Å²) in [6.07, 6.45) is 1.47. The van der Waals surface area contributed by atoms with Gasteiger partial charge in [-0.2, -0.15) is 0 Å². The van der Waals surface area contributed by atoms with Crippen LogP contribution < -0.4 is 0 Å². The van der Waals surface area contributed by atoms with Crippen LogP contribution >= 0.6 is 0 Å². The molecule has 98 valence electrons. The summed E-state index contributed by atoms with van der Waals surface area (Å²) in [5.74, 6) is -2.13. The molecule has 0 bridgehead atoms. The Kier molecular flexibility index (Phi) is 3.72. The first-order chi connectivity index (χ1) is 9.15. The van der Waals surface area contributed by atoms with Gasteiger partial charge < -0.3 is 9.57 Å². The first-order valence-electron chi connectivity index (χ1n) is 5.52. The number of ether oxygens (including phenoxy) is 1. The number of hydrogen-bond donors (Lipinski definition) is 0. The van der Waals surface area contributed by atoms with Crippen LogP contribution in [0.5, 0.6) is 0 Å². The van der Waals surface area contributed by atoms with Crippen LogP contribution in [0.2, 0.25) is 0 Å². The van der Waals surface area contributed by atoms with Crippen molar-refractivity contribution in [2.75, 3.05) is 13.2 Å². The van der Waals surface area contributed by atoms with Crippen LogP contribution in [0.1, 0.15) is 20.7 Å². The molecule has 0 saturated heterocycles. The van der Waals surface area contributed by atoms with Crippen LogP contribution in [-0.2, 0) is 14.4 Å². The van der Waals surface area contributed by atoms with Gasteiger partial charge in [-0.3, -0.25) is 9.59 Å². The van der Waals surface area contributed by atoms with Gasteiger partial charge in [-0.25, -0.2) is 4.79 Å². The second kappa shape index (κ2) is 5.45. The van der Waals surface area contributed by atoms with Gasteiger partial charge in [0.05, 0.1) is 17.7 Å². The summed E-state index contributed by atoms with van der Waals surface area (Å²) in [4.78, 5) is 39.8. The average Bonchev–Trinajstić information content (AvgIpc) is 2.65. The topological polar surface area (TPSA) is 72.9 Å². The Bertz CT molecular complexity index is 517. The average molecular weight is 261 g/mol. The number of carbonyl (C=O) groups is 3. The second-order valence-electron chi connectivity index (χ2n) is 3.72. The van der Waals surface area contributed by atoms with E-state index in [2.05, 4.69) is 6.58 Å². The molecule has 6 heteroatoms. The van der Waals surface area contributed by atoms with Gasteiger partial charge in [0.1, 0.15) is 6.61 Å². The maximum atomic E-state index is 11.8. The number of rotatable bonds is 5. The lowest BCUT2D eigenvalue weighted by molar-refractivity contribution is -0.173. The minimum absolute atomic E-state index is 0.178. The molecule has 2 amide bonds. The molecule has 0 aliphatic carbocycles. The number of amides is 2. The number of hydroxylamine groups is 2. The van der Waals surface area contributed by atoms with Gasteiger partial charge in [-0.1, -0.05) is 23.3 Å². The molecule has 1 aromatic rings. The molecule has 1 aliphatic heterocycles. The van der Waals surface area contributed by atoms with E-state index in [9.17, 15) is 14.4 Å². The number of nitrogens with zero attached hydrogens (tertiary/aromatic N) is 1. The Hall–Kier alpha value is -2.47. The smallest absolute Gasteiger partial charge is 0.358 e. The third-order valence-electron chi connectivity index (χ3n) is 2.41. The van der Waals surface area contributed by atoms with Crippen LogP contribution in [0.3, 0.4) is 0 Å². The fourth-order valence-electron chi connectivity index (χ4n) is 1.60. The van der Waals surface area contributed by atoms with Gasteiger partial charge in [-0.15, -0.1) is 6.58 Å². The summed E-state index contributed by atoms with van der Waals surface area (Å²) in [7, 11) is 0. The largest absolute Gasteiger partial charge is 0.366 e. The molecule has 19 heavy (non-hydrogen) atoms. The summed E-state index contributed by atoms with van der Waals surface area (Å²) in [6, 6.07) is 6.25. The van der Waals surface area contributed by atoms with Crippen molar-refractivity contribution in [1.29, 1.82) is 0 Å². The highest BCUT2D eigenvalue weighted by Gasteiger charge is 2.38. The van der Waals surface area contributed by atoms with E-state index < -0.39 is 17.8 Å². The van der Waals surface area contributed by atoms with E-state index in [1.54, 1.807) is 12.1 Å². The molecule has 0 fully saturated rings. The summed E-state index contributed by atoms with van der Waals surface area (Å²) < 4.78 is 4.86. The number of hydrogen-bond acceptors (Lipinski definition) is 5. The highest BCUT2D eigenvalue weighted by Crippen LogP contribution is 2.22. The first-order valence-corrected chi connectivity index (χ1v) is 5.52. The molecule has 0 saturated carbocycles. The molecule has 1 aliphatic rings. The zero-order chi connectivity index (χ0) is 13.8. The van der Waals surface area contributed by atoms with Crippen molar-refractivity contribution in [2.45, 2.75) is 0 Å². The Balaban J connectivity index is 2.04. The molecule has 1 aromatic carbocycles. The van der Waals surface area contributed by atoms with Crippen LogP contribution in [0.15, 0.2) is 36.9 Å². The highest BCUT2D eigenvalue weighted by atomic mass is 16.7. The van der Waals surface area contributed by atoms with E-state index in [1.807, 2.05) is 0 Å². The van der Waals surface area contributed by atoms with Crippen LogP contribution in [0, 0.1) is 0 Å². The maximum absolute atomic E-state index is 11.8. The fraction of sp³-hybridized carbons (Fsp3) is 0.154. The van der Waals surface area contributed by atoms with Crippen molar-refractivity contribution in [3.63, 3.8) is 0 Å². The molecular formula is C13H11NO5. The van der Waals surface area contributed by atoms with E-state index >= 15 is 0 Å². The molecule has 0 aromatic heterocycles. The van der Waals surface area contributed by atoms with Gasteiger partial charge in [0, 0.05) is 0 Å². The van der Waals surface area contributed by atoms with Crippen molar-refractivity contribution in [3.05, 3.63) is 48.0 Å². The monoisotopic (exact) mass is 261 g/mol. The zero-order valence-electron chi connectivity index (χ0n) is 10.00. The van der Waals surface area contributed by atoms with Gasteiger partial charge in [-0.05, 0) is 12.1 Å². The van der Waals surface area contributed by atoms with Gasteiger partial charge in [0.15, 0.2) is 0 Å². The Morgan fingerprint density at radius 1 is 1.21 bits per heavy atom. The predicted octanol–water partition coefficient (Wildman–Crippen LogP) is 0.943. The molecule has 0 N–H and O–H groups in total. The van der Waals surface area contributed by atoms with E-state index in [0.29, 0.717) is 5.06 Å². The van der Waals surface area contributed by atoms with E-state index in [-0.39, 0.29) is 24.3 Å². The maximum Gasteiger partial charge on any atom is 0.358 e. The molecule has 6 nitrogen and oxygen atoms in total. The number of imide groups is 1. The molecule has 0 atom stereocenters. The van der Waals surface area contributed by atoms with Crippen molar-refractivity contribution in [2.24, 2.45) is 0 Å². The van der Waals surface area contributed by atoms with Crippen LogP contribution in [0.25, 0.3) is 0 Å². The number of carbonyl (C=O) groups excluding carboxylic acids is 3. The molecule has 0 unspecified atom stereocenters. The van der Waals surface area contributed by atoms with Crippen LogP contribution in [-0.4, -0.2) is 36.1 Å². The Labute approximate surface area is 109 Å².